The molecule has 1 aromatic heterocycles. The molecule has 0 aliphatic carbocycles. The predicted molar refractivity (Wildman–Crippen MR) is 172 cm³/mol. The van der Waals surface area contributed by atoms with Gasteiger partial charge in [0.1, 0.15) is 11.6 Å². The summed E-state index contributed by atoms with van der Waals surface area (Å²) in [7, 11) is 0. The molecule has 5 aromatic rings. The van der Waals surface area contributed by atoms with E-state index >= 15 is 0 Å². The van der Waals surface area contributed by atoms with Crippen molar-refractivity contribution in [3.63, 3.8) is 0 Å². The standard InChI is InChI=1S/C37H41N3O2/c1-28-24-29(2)26-33(25-28)42-23-11-22-40-35-15-9-8-14-34(35)39-36(40)16-7-4-10-21-38-37(41)27-30-17-19-32(20-18-30)31-12-5-3-6-13-31/h3,5-6,8-9,12-15,17-20,24-26H,4,7,10-11,16,21-23,27H2,1-2H3,(H,38,41). The van der Waals surface area contributed by atoms with E-state index in [1.54, 1.807) is 0 Å². The van der Waals surface area contributed by atoms with E-state index < -0.39 is 0 Å². The summed E-state index contributed by atoms with van der Waals surface area (Å²) in [5, 5.41) is 3.09. The van der Waals surface area contributed by atoms with Crippen molar-refractivity contribution in [2.75, 3.05) is 13.2 Å². The zero-order valence-electron chi connectivity index (χ0n) is 24.8. The average molecular weight is 560 g/mol. The number of nitrogens with one attached hydrogen (secondary N) is 1. The van der Waals surface area contributed by atoms with E-state index in [-0.39, 0.29) is 5.91 Å². The number of para-hydroxylation sites is 2. The van der Waals surface area contributed by atoms with Crippen LogP contribution in [-0.4, -0.2) is 28.6 Å². The van der Waals surface area contributed by atoms with Gasteiger partial charge in [-0.1, -0.05) is 79.2 Å². The fourth-order valence-corrected chi connectivity index (χ4v) is 5.50. The molecule has 5 nitrogen and oxygen atoms in total. The number of fused-ring (bicyclic) bond motifs is 1. The SMILES string of the molecule is Cc1cc(C)cc(OCCCn2c(CCCCCNC(=O)Cc3ccc(-c4ccccc4)cc3)nc3ccccc32)c1. The number of ether oxygens (including phenoxy) is 1. The van der Waals surface area contributed by atoms with Gasteiger partial charge in [-0.2, -0.15) is 0 Å². The van der Waals surface area contributed by atoms with E-state index in [0.29, 0.717) is 19.6 Å². The van der Waals surface area contributed by atoms with Crippen LogP contribution in [0.25, 0.3) is 22.2 Å². The van der Waals surface area contributed by atoms with Gasteiger partial charge in [0, 0.05) is 19.5 Å². The summed E-state index contributed by atoms with van der Waals surface area (Å²) in [4.78, 5) is 17.4. The fraction of sp³-hybridized carbons (Fsp3) is 0.297. The van der Waals surface area contributed by atoms with Gasteiger partial charge in [0.05, 0.1) is 24.1 Å². The van der Waals surface area contributed by atoms with Crippen molar-refractivity contribution in [1.82, 2.24) is 14.9 Å². The van der Waals surface area contributed by atoms with Gasteiger partial charge in [0.25, 0.3) is 0 Å². The van der Waals surface area contributed by atoms with Gasteiger partial charge in [0.15, 0.2) is 0 Å². The molecule has 42 heavy (non-hydrogen) atoms. The highest BCUT2D eigenvalue weighted by atomic mass is 16.5. The van der Waals surface area contributed by atoms with Crippen molar-refractivity contribution in [2.24, 2.45) is 0 Å². The minimum absolute atomic E-state index is 0.0762. The molecule has 216 valence electrons. The topological polar surface area (TPSA) is 56.1 Å². The Bertz CT molecular complexity index is 1570. The van der Waals surface area contributed by atoms with Crippen LogP contribution in [0.2, 0.25) is 0 Å². The monoisotopic (exact) mass is 559 g/mol. The molecule has 1 N–H and O–H groups in total. The molecule has 0 radical (unpaired) electrons. The van der Waals surface area contributed by atoms with Gasteiger partial charge in [-0.05, 0) is 85.2 Å². The first-order valence-electron chi connectivity index (χ1n) is 15.1. The lowest BCUT2D eigenvalue weighted by atomic mass is 10.0. The van der Waals surface area contributed by atoms with Gasteiger partial charge in [-0.25, -0.2) is 4.98 Å². The summed E-state index contributed by atoms with van der Waals surface area (Å²) in [6.07, 6.45) is 5.30. The van der Waals surface area contributed by atoms with Crippen molar-refractivity contribution in [3.8, 4) is 16.9 Å². The Hall–Kier alpha value is -4.38. The molecule has 0 aliphatic heterocycles. The lowest BCUT2D eigenvalue weighted by Gasteiger charge is -2.11. The van der Waals surface area contributed by atoms with Crippen LogP contribution in [0.15, 0.2) is 97.1 Å². The van der Waals surface area contributed by atoms with Crippen molar-refractivity contribution < 1.29 is 9.53 Å². The summed E-state index contributed by atoms with van der Waals surface area (Å²) in [6, 6.07) is 33.3. The number of benzene rings is 4. The minimum Gasteiger partial charge on any atom is -0.494 e. The molecule has 0 saturated heterocycles. The minimum atomic E-state index is 0.0762. The molecule has 0 bridgehead atoms. The lowest BCUT2D eigenvalue weighted by molar-refractivity contribution is -0.120. The number of aryl methyl sites for hydroxylation is 4. The van der Waals surface area contributed by atoms with Crippen molar-refractivity contribution in [3.05, 3.63) is 120 Å². The first-order valence-corrected chi connectivity index (χ1v) is 15.1. The Morgan fingerprint density at radius 1 is 0.786 bits per heavy atom. The Morgan fingerprint density at radius 3 is 2.29 bits per heavy atom. The quantitative estimate of drug-likeness (QED) is 0.141. The van der Waals surface area contributed by atoms with E-state index in [2.05, 4.69) is 84.4 Å². The third-order valence-corrected chi connectivity index (χ3v) is 7.55. The Balaban J connectivity index is 1.04. The first kappa shape index (κ1) is 29.1. The van der Waals surface area contributed by atoms with Gasteiger partial charge in [-0.15, -0.1) is 0 Å². The molecule has 0 unspecified atom stereocenters. The van der Waals surface area contributed by atoms with Crippen LogP contribution in [0.5, 0.6) is 5.75 Å². The van der Waals surface area contributed by atoms with Crippen molar-refractivity contribution in [2.45, 2.75) is 58.9 Å². The normalized spacial score (nSPS) is 11.1. The zero-order chi connectivity index (χ0) is 29.1. The van der Waals surface area contributed by atoms with Gasteiger partial charge >= 0.3 is 0 Å². The molecule has 0 saturated carbocycles. The summed E-state index contributed by atoms with van der Waals surface area (Å²) in [6.45, 7) is 6.45. The van der Waals surface area contributed by atoms with E-state index in [9.17, 15) is 4.79 Å². The van der Waals surface area contributed by atoms with Crippen molar-refractivity contribution >= 4 is 16.9 Å². The maximum absolute atomic E-state index is 12.5. The number of carbonyl (C=O) groups excluding carboxylic acids is 1. The number of rotatable bonds is 14. The van der Waals surface area contributed by atoms with Crippen LogP contribution in [0.1, 0.15) is 48.2 Å². The maximum Gasteiger partial charge on any atom is 0.224 e. The molecular weight excluding hydrogens is 518 g/mol. The molecule has 1 heterocycles. The Morgan fingerprint density at radius 2 is 1.50 bits per heavy atom. The van der Waals surface area contributed by atoms with E-state index in [4.69, 9.17) is 9.72 Å². The van der Waals surface area contributed by atoms with Gasteiger partial charge in [-0.3, -0.25) is 4.79 Å². The second-order valence-electron chi connectivity index (χ2n) is 11.1. The molecule has 0 atom stereocenters. The van der Waals surface area contributed by atoms with E-state index in [1.165, 1.54) is 27.8 Å². The number of amides is 1. The molecule has 0 fully saturated rings. The lowest BCUT2D eigenvalue weighted by Crippen LogP contribution is -2.26. The van der Waals surface area contributed by atoms with Crippen molar-refractivity contribution in [1.29, 1.82) is 0 Å². The summed E-state index contributed by atoms with van der Waals surface area (Å²) in [5.41, 5.74) is 8.06. The second-order valence-corrected chi connectivity index (χ2v) is 11.1. The Kier molecular flexibility index (Phi) is 10.1. The summed E-state index contributed by atoms with van der Waals surface area (Å²) in [5.74, 6) is 2.15. The van der Waals surface area contributed by atoms with Gasteiger partial charge < -0.3 is 14.6 Å². The highest BCUT2D eigenvalue weighted by Gasteiger charge is 2.11. The number of carbonyl (C=O) groups is 1. The molecule has 5 rings (SSSR count). The number of imidazole rings is 1. The maximum atomic E-state index is 12.5. The Labute approximate surface area is 249 Å². The number of aromatic nitrogens is 2. The van der Waals surface area contributed by atoms with E-state index in [0.717, 1.165) is 61.3 Å². The van der Waals surface area contributed by atoms with Crippen LogP contribution in [0.4, 0.5) is 0 Å². The fourth-order valence-electron chi connectivity index (χ4n) is 5.50. The van der Waals surface area contributed by atoms with Crippen LogP contribution in [0.3, 0.4) is 0 Å². The smallest absolute Gasteiger partial charge is 0.224 e. The summed E-state index contributed by atoms with van der Waals surface area (Å²) >= 11 is 0. The molecule has 5 heteroatoms. The average Bonchev–Trinajstić information content (AvgIpc) is 3.34. The van der Waals surface area contributed by atoms with Crippen LogP contribution >= 0.6 is 0 Å². The largest absolute Gasteiger partial charge is 0.494 e. The molecular formula is C37H41N3O2. The highest BCUT2D eigenvalue weighted by molar-refractivity contribution is 5.79. The third-order valence-electron chi connectivity index (χ3n) is 7.55. The van der Waals surface area contributed by atoms with E-state index in [1.807, 2.05) is 36.4 Å². The number of hydrogen-bond acceptors (Lipinski definition) is 3. The summed E-state index contributed by atoms with van der Waals surface area (Å²) < 4.78 is 8.41. The third kappa shape index (κ3) is 8.10. The van der Waals surface area contributed by atoms with Gasteiger partial charge in [0.2, 0.25) is 5.91 Å². The number of hydrogen-bond donors (Lipinski definition) is 1. The first-order chi connectivity index (χ1) is 20.5. The molecule has 0 aliphatic rings. The molecule has 1 amide bonds. The van der Waals surface area contributed by atoms with Crippen LogP contribution in [-0.2, 0) is 24.2 Å². The van der Waals surface area contributed by atoms with Crippen LogP contribution in [0, 0.1) is 13.8 Å². The molecule has 0 spiro atoms. The predicted octanol–water partition coefficient (Wildman–Crippen LogP) is 7.86. The number of unbranched alkanes of at least 4 members (excludes halogenated alkanes) is 2. The second kappa shape index (κ2) is 14.5. The highest BCUT2D eigenvalue weighted by Crippen LogP contribution is 2.21. The van der Waals surface area contributed by atoms with Crippen LogP contribution < -0.4 is 10.1 Å². The molecule has 4 aromatic carbocycles. The zero-order valence-corrected chi connectivity index (χ0v) is 24.8. The number of nitrogens with zero attached hydrogens (tertiary/aromatic N) is 2.